The summed E-state index contributed by atoms with van der Waals surface area (Å²) in [5, 5.41) is 0.519. The summed E-state index contributed by atoms with van der Waals surface area (Å²) in [5.41, 5.74) is 2.81. The summed E-state index contributed by atoms with van der Waals surface area (Å²) >= 11 is 6.02. The first-order valence-electron chi connectivity index (χ1n) is 6.77. The van der Waals surface area contributed by atoms with Gasteiger partial charge in [0, 0.05) is 29.1 Å². The van der Waals surface area contributed by atoms with Crippen LogP contribution in [0.3, 0.4) is 0 Å². The highest BCUT2D eigenvalue weighted by molar-refractivity contribution is 6.31. The summed E-state index contributed by atoms with van der Waals surface area (Å²) in [7, 11) is 0. The maximum Gasteiger partial charge on any atom is 0.258 e. The number of rotatable bonds is 1. The molecule has 1 amide bonds. The lowest BCUT2D eigenvalue weighted by molar-refractivity contribution is 0.0955. The molecule has 1 aliphatic rings. The van der Waals surface area contributed by atoms with E-state index in [9.17, 15) is 9.59 Å². The molecule has 0 aromatic heterocycles. The monoisotopic (exact) mass is 299 g/mol. The number of nitrogens with zero attached hydrogens (tertiary/aromatic N) is 1. The highest BCUT2D eigenvalue weighted by Gasteiger charge is 2.28. The lowest BCUT2D eigenvalue weighted by atomic mass is 9.99. The second-order valence-electron chi connectivity index (χ2n) is 5.16. The average molecular weight is 300 g/mol. The van der Waals surface area contributed by atoms with Crippen LogP contribution in [-0.4, -0.2) is 18.2 Å². The molecule has 21 heavy (non-hydrogen) atoms. The van der Waals surface area contributed by atoms with Gasteiger partial charge in [-0.2, -0.15) is 0 Å². The normalized spacial score (nSPS) is 14.0. The van der Waals surface area contributed by atoms with Crippen LogP contribution in [0.2, 0.25) is 5.02 Å². The molecule has 0 bridgehead atoms. The predicted molar refractivity (Wildman–Crippen MR) is 83.3 cm³/mol. The Bertz CT molecular complexity index is 739. The van der Waals surface area contributed by atoms with E-state index in [-0.39, 0.29) is 11.7 Å². The molecule has 3 rings (SSSR count). The van der Waals surface area contributed by atoms with E-state index in [0.717, 1.165) is 5.56 Å². The van der Waals surface area contributed by atoms with Crippen molar-refractivity contribution in [2.24, 2.45) is 0 Å². The summed E-state index contributed by atoms with van der Waals surface area (Å²) in [6, 6.07) is 12.5. The van der Waals surface area contributed by atoms with Gasteiger partial charge in [0.15, 0.2) is 5.78 Å². The van der Waals surface area contributed by atoms with Crippen molar-refractivity contribution in [1.29, 1.82) is 0 Å². The van der Waals surface area contributed by atoms with Gasteiger partial charge in [0.1, 0.15) is 0 Å². The molecule has 0 radical (unpaired) electrons. The fourth-order valence-corrected chi connectivity index (χ4v) is 2.74. The van der Waals surface area contributed by atoms with Crippen LogP contribution in [0.25, 0.3) is 0 Å². The van der Waals surface area contributed by atoms with Crippen LogP contribution in [0.1, 0.15) is 32.7 Å². The quantitative estimate of drug-likeness (QED) is 0.801. The van der Waals surface area contributed by atoms with Crippen molar-refractivity contribution >= 4 is 29.0 Å². The summed E-state index contributed by atoms with van der Waals surface area (Å²) < 4.78 is 0. The standard InChI is InChI=1S/C17H14ClNO2/c1-11-3-2-4-12(9-11)17(21)19-8-7-16(20)14-6-5-13(18)10-15(14)19/h2-6,9-10H,7-8H2,1H3. The smallest absolute Gasteiger partial charge is 0.258 e. The number of anilines is 1. The minimum atomic E-state index is -0.102. The van der Waals surface area contributed by atoms with Crippen LogP contribution in [0.5, 0.6) is 0 Å². The topological polar surface area (TPSA) is 37.4 Å². The second-order valence-corrected chi connectivity index (χ2v) is 5.60. The maximum absolute atomic E-state index is 12.7. The van der Waals surface area contributed by atoms with Gasteiger partial charge in [0.25, 0.3) is 5.91 Å². The lowest BCUT2D eigenvalue weighted by Crippen LogP contribution is -2.37. The first kappa shape index (κ1) is 13.8. The van der Waals surface area contributed by atoms with Crippen molar-refractivity contribution in [2.45, 2.75) is 13.3 Å². The number of hydrogen-bond donors (Lipinski definition) is 0. The van der Waals surface area contributed by atoms with Crippen LogP contribution in [0.15, 0.2) is 42.5 Å². The van der Waals surface area contributed by atoms with Crippen LogP contribution in [-0.2, 0) is 0 Å². The molecule has 0 saturated heterocycles. The Hall–Kier alpha value is -2.13. The van der Waals surface area contributed by atoms with E-state index in [2.05, 4.69) is 0 Å². The van der Waals surface area contributed by atoms with Gasteiger partial charge in [-0.3, -0.25) is 9.59 Å². The van der Waals surface area contributed by atoms with Gasteiger partial charge in [0.05, 0.1) is 5.69 Å². The van der Waals surface area contributed by atoms with Gasteiger partial charge in [-0.15, -0.1) is 0 Å². The Morgan fingerprint density at radius 2 is 2.00 bits per heavy atom. The molecule has 4 heteroatoms. The van der Waals surface area contributed by atoms with Gasteiger partial charge in [0.2, 0.25) is 0 Å². The van der Waals surface area contributed by atoms with Crippen LogP contribution < -0.4 is 4.90 Å². The van der Waals surface area contributed by atoms with Gasteiger partial charge in [-0.25, -0.2) is 0 Å². The largest absolute Gasteiger partial charge is 0.307 e. The molecule has 106 valence electrons. The number of carbonyl (C=O) groups excluding carboxylic acids is 2. The number of Topliss-reactive ketones (excluding diaryl/α,β-unsaturated/α-hetero) is 1. The van der Waals surface area contributed by atoms with Gasteiger partial charge in [-0.05, 0) is 37.3 Å². The van der Waals surface area contributed by atoms with Crippen molar-refractivity contribution in [3.05, 3.63) is 64.2 Å². The third kappa shape index (κ3) is 2.57. The molecule has 0 spiro atoms. The molecular formula is C17H14ClNO2. The molecule has 0 fully saturated rings. The Balaban J connectivity index is 2.04. The molecule has 3 nitrogen and oxygen atoms in total. The SMILES string of the molecule is Cc1cccc(C(=O)N2CCC(=O)c3ccc(Cl)cc32)c1. The molecule has 0 unspecified atom stereocenters. The molecule has 1 aliphatic heterocycles. The van der Waals surface area contributed by atoms with Gasteiger partial charge >= 0.3 is 0 Å². The van der Waals surface area contributed by atoms with Crippen LogP contribution in [0, 0.1) is 6.92 Å². The molecule has 2 aromatic rings. The maximum atomic E-state index is 12.7. The highest BCUT2D eigenvalue weighted by atomic mass is 35.5. The van der Waals surface area contributed by atoms with Crippen molar-refractivity contribution in [1.82, 2.24) is 0 Å². The Labute approximate surface area is 128 Å². The van der Waals surface area contributed by atoms with Crippen LogP contribution in [0.4, 0.5) is 5.69 Å². The number of halogens is 1. The number of hydrogen-bond acceptors (Lipinski definition) is 2. The van der Waals surface area contributed by atoms with Crippen LogP contribution >= 0.6 is 11.6 Å². The molecule has 0 saturated carbocycles. The Morgan fingerprint density at radius 1 is 1.19 bits per heavy atom. The molecule has 1 heterocycles. The van der Waals surface area contributed by atoms with E-state index in [1.807, 2.05) is 25.1 Å². The molecule has 0 atom stereocenters. The van der Waals surface area contributed by atoms with E-state index in [1.165, 1.54) is 0 Å². The van der Waals surface area contributed by atoms with E-state index >= 15 is 0 Å². The zero-order valence-corrected chi connectivity index (χ0v) is 12.4. The number of ketones is 1. The fraction of sp³-hybridized carbons (Fsp3) is 0.176. The summed E-state index contributed by atoms with van der Waals surface area (Å²) in [4.78, 5) is 26.3. The minimum absolute atomic E-state index is 0.0509. The molecule has 2 aromatic carbocycles. The minimum Gasteiger partial charge on any atom is -0.307 e. The molecule has 0 aliphatic carbocycles. The highest BCUT2D eigenvalue weighted by Crippen LogP contribution is 2.31. The molecular weight excluding hydrogens is 286 g/mol. The number of aryl methyl sites for hydroxylation is 1. The first-order valence-corrected chi connectivity index (χ1v) is 7.15. The van der Waals surface area contributed by atoms with E-state index in [0.29, 0.717) is 34.8 Å². The van der Waals surface area contributed by atoms with Crippen molar-refractivity contribution in [2.75, 3.05) is 11.4 Å². The van der Waals surface area contributed by atoms with E-state index in [1.54, 1.807) is 29.2 Å². The Kier molecular flexibility index (Phi) is 3.52. The lowest BCUT2D eigenvalue weighted by Gasteiger charge is -2.29. The number of amides is 1. The summed E-state index contributed by atoms with van der Waals surface area (Å²) in [6.07, 6.45) is 0.339. The van der Waals surface area contributed by atoms with E-state index in [4.69, 9.17) is 11.6 Å². The zero-order valence-electron chi connectivity index (χ0n) is 11.6. The van der Waals surface area contributed by atoms with Gasteiger partial charge < -0.3 is 4.90 Å². The third-order valence-electron chi connectivity index (χ3n) is 3.62. The Morgan fingerprint density at radius 3 is 2.76 bits per heavy atom. The summed E-state index contributed by atoms with van der Waals surface area (Å²) in [6.45, 7) is 2.33. The van der Waals surface area contributed by atoms with E-state index < -0.39 is 0 Å². The number of carbonyl (C=O) groups is 2. The first-order chi connectivity index (χ1) is 10.1. The predicted octanol–water partition coefficient (Wildman–Crippen LogP) is 3.88. The zero-order chi connectivity index (χ0) is 15.0. The summed E-state index contributed by atoms with van der Waals surface area (Å²) in [5.74, 6) is -0.0512. The average Bonchev–Trinajstić information content (AvgIpc) is 2.47. The van der Waals surface area contributed by atoms with Crippen molar-refractivity contribution in [3.8, 4) is 0 Å². The second kappa shape index (κ2) is 5.34. The molecule has 0 N–H and O–H groups in total. The third-order valence-corrected chi connectivity index (χ3v) is 3.86. The number of benzene rings is 2. The van der Waals surface area contributed by atoms with Crippen molar-refractivity contribution < 1.29 is 9.59 Å². The number of fused-ring (bicyclic) bond motifs is 1. The van der Waals surface area contributed by atoms with Crippen molar-refractivity contribution in [3.63, 3.8) is 0 Å². The van der Waals surface area contributed by atoms with Gasteiger partial charge in [-0.1, -0.05) is 29.3 Å². The fourth-order valence-electron chi connectivity index (χ4n) is 2.58.